The molecular formula is C13H15N3O2. The van der Waals surface area contributed by atoms with Crippen molar-refractivity contribution in [3.8, 4) is 0 Å². The second-order valence-electron chi connectivity index (χ2n) is 4.55. The molecule has 0 saturated carbocycles. The topological polar surface area (TPSA) is 67.0 Å². The van der Waals surface area contributed by atoms with Crippen LogP contribution in [0.15, 0.2) is 24.4 Å². The van der Waals surface area contributed by atoms with Gasteiger partial charge in [-0.15, -0.1) is 0 Å². The number of nitrogens with one attached hydrogen (secondary N) is 2. The Morgan fingerprint density at radius 3 is 3.06 bits per heavy atom. The van der Waals surface area contributed by atoms with E-state index in [1.165, 1.54) is 0 Å². The number of carbonyl (C=O) groups excluding carboxylic acids is 1. The molecule has 2 heterocycles. The second-order valence-corrected chi connectivity index (χ2v) is 4.55. The van der Waals surface area contributed by atoms with Gasteiger partial charge in [-0.1, -0.05) is 0 Å². The van der Waals surface area contributed by atoms with Gasteiger partial charge in [0.05, 0.1) is 11.7 Å². The van der Waals surface area contributed by atoms with Crippen LogP contribution in [0.5, 0.6) is 0 Å². The van der Waals surface area contributed by atoms with E-state index < -0.39 is 0 Å². The average Bonchev–Trinajstić information content (AvgIpc) is 2.87. The van der Waals surface area contributed by atoms with Gasteiger partial charge in [-0.05, 0) is 31.0 Å². The molecule has 0 aliphatic carbocycles. The molecule has 1 aromatic carbocycles. The zero-order chi connectivity index (χ0) is 12.4. The van der Waals surface area contributed by atoms with E-state index in [4.69, 9.17) is 4.74 Å². The number of benzene rings is 1. The van der Waals surface area contributed by atoms with Crippen LogP contribution in [0, 0.1) is 5.92 Å². The third kappa shape index (κ3) is 2.22. The van der Waals surface area contributed by atoms with Gasteiger partial charge < -0.3 is 10.1 Å². The molecule has 1 amide bonds. The number of H-pyrrole nitrogens is 1. The van der Waals surface area contributed by atoms with Crippen LogP contribution < -0.4 is 5.32 Å². The number of carbonyl (C=O) groups is 1. The number of fused-ring (bicyclic) bond motifs is 1. The van der Waals surface area contributed by atoms with E-state index in [1.54, 1.807) is 6.20 Å². The van der Waals surface area contributed by atoms with Gasteiger partial charge in [0.25, 0.3) is 0 Å². The number of aromatic nitrogens is 2. The Morgan fingerprint density at radius 1 is 1.39 bits per heavy atom. The molecule has 3 rings (SSSR count). The van der Waals surface area contributed by atoms with Gasteiger partial charge in [0.1, 0.15) is 0 Å². The summed E-state index contributed by atoms with van der Waals surface area (Å²) >= 11 is 0. The normalized spacial score (nSPS) is 16.9. The number of hydrogen-bond acceptors (Lipinski definition) is 3. The molecule has 1 aliphatic heterocycles. The molecule has 2 N–H and O–H groups in total. The van der Waals surface area contributed by atoms with Crippen LogP contribution in [0.4, 0.5) is 5.69 Å². The molecule has 2 aromatic rings. The smallest absolute Gasteiger partial charge is 0.227 e. The number of aromatic amines is 1. The number of hydrogen-bond donors (Lipinski definition) is 2. The van der Waals surface area contributed by atoms with Crippen LogP contribution in [0.25, 0.3) is 10.9 Å². The van der Waals surface area contributed by atoms with E-state index in [9.17, 15) is 4.79 Å². The van der Waals surface area contributed by atoms with Crippen LogP contribution in [0.3, 0.4) is 0 Å². The van der Waals surface area contributed by atoms with Crippen LogP contribution in [0.2, 0.25) is 0 Å². The van der Waals surface area contributed by atoms with Gasteiger partial charge in [0.2, 0.25) is 5.91 Å². The molecule has 0 atom stereocenters. The number of ether oxygens (including phenoxy) is 1. The zero-order valence-corrected chi connectivity index (χ0v) is 9.98. The van der Waals surface area contributed by atoms with Gasteiger partial charge in [-0.2, -0.15) is 5.10 Å². The first-order valence-corrected chi connectivity index (χ1v) is 6.15. The summed E-state index contributed by atoms with van der Waals surface area (Å²) in [4.78, 5) is 12.0. The second kappa shape index (κ2) is 4.78. The molecule has 5 nitrogen and oxygen atoms in total. The van der Waals surface area contributed by atoms with Gasteiger partial charge in [-0.3, -0.25) is 9.89 Å². The number of rotatable bonds is 2. The van der Waals surface area contributed by atoms with E-state index in [-0.39, 0.29) is 11.8 Å². The fraction of sp³-hybridized carbons (Fsp3) is 0.385. The molecule has 0 bridgehead atoms. The highest BCUT2D eigenvalue weighted by Crippen LogP contribution is 2.20. The maximum atomic E-state index is 12.0. The minimum Gasteiger partial charge on any atom is -0.381 e. The molecule has 0 radical (unpaired) electrons. The summed E-state index contributed by atoms with van der Waals surface area (Å²) in [6.45, 7) is 1.36. The van der Waals surface area contributed by atoms with Crippen LogP contribution in [0.1, 0.15) is 12.8 Å². The Morgan fingerprint density at radius 2 is 2.22 bits per heavy atom. The zero-order valence-electron chi connectivity index (χ0n) is 9.98. The van der Waals surface area contributed by atoms with Crippen molar-refractivity contribution >= 4 is 22.5 Å². The first-order valence-electron chi connectivity index (χ1n) is 6.15. The van der Waals surface area contributed by atoms with Crippen LogP contribution >= 0.6 is 0 Å². The maximum absolute atomic E-state index is 12.0. The summed E-state index contributed by atoms with van der Waals surface area (Å²) in [6, 6.07) is 5.74. The van der Waals surface area contributed by atoms with Crippen molar-refractivity contribution in [3.63, 3.8) is 0 Å². The van der Waals surface area contributed by atoms with Gasteiger partial charge in [0.15, 0.2) is 0 Å². The fourth-order valence-electron chi connectivity index (χ4n) is 2.22. The van der Waals surface area contributed by atoms with Crippen molar-refractivity contribution in [2.45, 2.75) is 12.8 Å². The first kappa shape index (κ1) is 11.2. The largest absolute Gasteiger partial charge is 0.381 e. The summed E-state index contributed by atoms with van der Waals surface area (Å²) in [5.74, 6) is 0.147. The lowest BCUT2D eigenvalue weighted by Crippen LogP contribution is -2.28. The van der Waals surface area contributed by atoms with Crippen molar-refractivity contribution in [2.75, 3.05) is 18.5 Å². The lowest BCUT2D eigenvalue weighted by atomic mass is 9.99. The van der Waals surface area contributed by atoms with Crippen molar-refractivity contribution in [2.24, 2.45) is 5.92 Å². The molecule has 0 spiro atoms. The first-order chi connectivity index (χ1) is 8.83. The van der Waals surface area contributed by atoms with E-state index in [2.05, 4.69) is 15.5 Å². The van der Waals surface area contributed by atoms with E-state index in [0.29, 0.717) is 13.2 Å². The van der Waals surface area contributed by atoms with Gasteiger partial charge in [-0.25, -0.2) is 0 Å². The standard InChI is InChI=1S/C13H15N3O2/c17-13(9-3-5-18-6-4-9)15-11-2-1-10-8-14-16-12(10)7-11/h1-2,7-9H,3-6H2,(H,14,16)(H,15,17). The summed E-state index contributed by atoms with van der Waals surface area (Å²) in [7, 11) is 0. The Bertz CT molecular complexity index is 558. The SMILES string of the molecule is O=C(Nc1ccc2cn[nH]c2c1)C1CCOCC1. The Kier molecular flexibility index (Phi) is 2.98. The molecule has 94 valence electrons. The molecule has 1 fully saturated rings. The highest BCUT2D eigenvalue weighted by molar-refractivity contribution is 5.94. The molecular weight excluding hydrogens is 230 g/mol. The van der Waals surface area contributed by atoms with Crippen molar-refractivity contribution < 1.29 is 9.53 Å². The van der Waals surface area contributed by atoms with Crippen LogP contribution in [-0.4, -0.2) is 29.3 Å². The van der Waals surface area contributed by atoms with E-state index in [1.807, 2.05) is 18.2 Å². The highest BCUT2D eigenvalue weighted by atomic mass is 16.5. The Hall–Kier alpha value is -1.88. The lowest BCUT2D eigenvalue weighted by molar-refractivity contribution is -0.122. The minimum absolute atomic E-state index is 0.0659. The lowest BCUT2D eigenvalue weighted by Gasteiger charge is -2.21. The van der Waals surface area contributed by atoms with Gasteiger partial charge in [0, 0.05) is 30.2 Å². The molecule has 1 aromatic heterocycles. The average molecular weight is 245 g/mol. The molecule has 0 unspecified atom stereocenters. The molecule has 1 aliphatic rings. The number of amides is 1. The Labute approximate surface area is 105 Å². The third-order valence-corrected chi connectivity index (χ3v) is 3.30. The maximum Gasteiger partial charge on any atom is 0.227 e. The van der Waals surface area contributed by atoms with Crippen molar-refractivity contribution in [1.29, 1.82) is 0 Å². The quantitative estimate of drug-likeness (QED) is 0.849. The molecule has 5 heteroatoms. The van der Waals surface area contributed by atoms with E-state index >= 15 is 0 Å². The van der Waals surface area contributed by atoms with E-state index in [0.717, 1.165) is 29.4 Å². The summed E-state index contributed by atoms with van der Waals surface area (Å²) in [6.07, 6.45) is 3.37. The summed E-state index contributed by atoms with van der Waals surface area (Å²) in [5, 5.41) is 10.8. The monoisotopic (exact) mass is 245 g/mol. The number of nitrogens with zero attached hydrogens (tertiary/aromatic N) is 1. The highest BCUT2D eigenvalue weighted by Gasteiger charge is 2.21. The molecule has 18 heavy (non-hydrogen) atoms. The Balaban J connectivity index is 1.72. The summed E-state index contributed by atoms with van der Waals surface area (Å²) in [5.41, 5.74) is 1.74. The minimum atomic E-state index is 0.0659. The van der Waals surface area contributed by atoms with Crippen molar-refractivity contribution in [3.05, 3.63) is 24.4 Å². The van der Waals surface area contributed by atoms with Crippen LogP contribution in [-0.2, 0) is 9.53 Å². The number of anilines is 1. The fourth-order valence-corrected chi connectivity index (χ4v) is 2.22. The predicted molar refractivity (Wildman–Crippen MR) is 68.3 cm³/mol. The summed E-state index contributed by atoms with van der Waals surface area (Å²) < 4.78 is 5.25. The van der Waals surface area contributed by atoms with Gasteiger partial charge >= 0.3 is 0 Å². The molecule has 1 saturated heterocycles. The van der Waals surface area contributed by atoms with Crippen molar-refractivity contribution in [1.82, 2.24) is 10.2 Å². The third-order valence-electron chi connectivity index (χ3n) is 3.30. The predicted octanol–water partition coefficient (Wildman–Crippen LogP) is 1.93.